The monoisotopic (exact) mass is 252 g/mol. The first kappa shape index (κ1) is 11.6. The Hall–Kier alpha value is -1.47. The number of aromatic nitrogens is 2. The number of likely N-dealkylation sites (tertiary alicyclic amines) is 1. The van der Waals surface area contributed by atoms with Gasteiger partial charge in [-0.25, -0.2) is 0 Å². The molecular weight excluding hydrogens is 236 g/mol. The largest absolute Gasteiger partial charge is 0.391 e. The van der Waals surface area contributed by atoms with Crippen molar-refractivity contribution in [3.63, 3.8) is 0 Å². The van der Waals surface area contributed by atoms with Crippen molar-refractivity contribution < 1.29 is 14.4 Å². The van der Waals surface area contributed by atoms with Crippen molar-refractivity contribution in [1.29, 1.82) is 0 Å². The lowest BCUT2D eigenvalue weighted by molar-refractivity contribution is -0.161. The first-order valence-electron chi connectivity index (χ1n) is 6.15. The normalized spacial score (nSPS) is 30.6. The van der Waals surface area contributed by atoms with Gasteiger partial charge in [0, 0.05) is 6.54 Å². The number of β-lactam (4-membered cyclic amide) rings is 1. The van der Waals surface area contributed by atoms with Crippen LogP contribution in [0.2, 0.25) is 0 Å². The van der Waals surface area contributed by atoms with Crippen LogP contribution in [0, 0.1) is 0 Å². The van der Waals surface area contributed by atoms with E-state index in [1.807, 2.05) is 0 Å². The molecule has 0 aromatic carbocycles. The van der Waals surface area contributed by atoms with Gasteiger partial charge in [-0.1, -0.05) is 5.16 Å². The maximum atomic E-state index is 12.3. The van der Waals surface area contributed by atoms with E-state index in [1.165, 1.54) is 6.33 Å². The van der Waals surface area contributed by atoms with Crippen LogP contribution in [0.15, 0.2) is 10.9 Å². The summed E-state index contributed by atoms with van der Waals surface area (Å²) in [5.41, 5.74) is -0.410. The number of nitrogens with zero attached hydrogens (tertiary/aromatic N) is 3. The Kier molecular flexibility index (Phi) is 2.60. The smallest absolute Gasteiger partial charge is 0.251 e. The third kappa shape index (κ3) is 1.54. The Labute approximate surface area is 104 Å². The van der Waals surface area contributed by atoms with Gasteiger partial charge in [0.25, 0.3) is 5.89 Å². The maximum absolute atomic E-state index is 12.3. The van der Waals surface area contributed by atoms with E-state index >= 15 is 0 Å². The van der Waals surface area contributed by atoms with Crippen molar-refractivity contribution in [2.45, 2.75) is 37.5 Å². The topological polar surface area (TPSA) is 91.5 Å². The Morgan fingerprint density at radius 2 is 2.50 bits per heavy atom. The number of nitrogens with one attached hydrogen (secondary N) is 1. The number of rotatable bonds is 3. The van der Waals surface area contributed by atoms with E-state index in [4.69, 9.17) is 4.52 Å². The Bertz CT molecular complexity index is 439. The predicted octanol–water partition coefficient (Wildman–Crippen LogP) is -0.544. The quantitative estimate of drug-likeness (QED) is 0.702. The summed E-state index contributed by atoms with van der Waals surface area (Å²) in [6.45, 7) is 3.08. The van der Waals surface area contributed by atoms with Gasteiger partial charge in [-0.3, -0.25) is 4.79 Å². The van der Waals surface area contributed by atoms with Crippen LogP contribution in [-0.4, -0.2) is 50.8 Å². The van der Waals surface area contributed by atoms with Gasteiger partial charge in [-0.2, -0.15) is 4.98 Å². The van der Waals surface area contributed by atoms with Crippen molar-refractivity contribution >= 4 is 5.91 Å². The fourth-order valence-corrected chi connectivity index (χ4v) is 2.87. The van der Waals surface area contributed by atoms with Crippen LogP contribution < -0.4 is 5.32 Å². The molecule has 0 saturated carbocycles. The fourth-order valence-electron chi connectivity index (χ4n) is 2.87. The zero-order valence-electron chi connectivity index (χ0n) is 10.2. The second-order valence-corrected chi connectivity index (χ2v) is 5.01. The van der Waals surface area contributed by atoms with Crippen molar-refractivity contribution in [3.8, 4) is 0 Å². The molecule has 0 radical (unpaired) electrons. The minimum absolute atomic E-state index is 0.0177. The Morgan fingerprint density at radius 1 is 1.67 bits per heavy atom. The molecule has 1 spiro atoms. The van der Waals surface area contributed by atoms with E-state index in [2.05, 4.69) is 15.5 Å². The van der Waals surface area contributed by atoms with Crippen LogP contribution in [0.25, 0.3) is 0 Å². The predicted molar refractivity (Wildman–Crippen MR) is 60.4 cm³/mol. The first-order chi connectivity index (χ1) is 8.64. The number of aliphatic hydroxyl groups is 1. The lowest BCUT2D eigenvalue weighted by Crippen LogP contribution is -2.72. The molecule has 1 aromatic heterocycles. The lowest BCUT2D eigenvalue weighted by Gasteiger charge is -2.50. The first-order valence-corrected chi connectivity index (χ1v) is 6.15. The Balaban J connectivity index is 1.80. The molecule has 2 N–H and O–H groups in total. The molecule has 2 aliphatic heterocycles. The third-order valence-corrected chi connectivity index (χ3v) is 3.78. The number of hydrogen-bond acceptors (Lipinski definition) is 6. The minimum atomic E-state index is -0.742. The van der Waals surface area contributed by atoms with Crippen molar-refractivity contribution in [1.82, 2.24) is 20.4 Å². The SMILES string of the molecule is C[C@@H](O)C(c1ncno1)N1CC2(CCCN2)C1=O. The van der Waals surface area contributed by atoms with Crippen molar-refractivity contribution in [2.24, 2.45) is 0 Å². The molecule has 7 heteroatoms. The molecule has 1 aromatic rings. The molecule has 18 heavy (non-hydrogen) atoms. The molecule has 3 atom stereocenters. The molecule has 0 bridgehead atoms. The number of aliphatic hydroxyl groups excluding tert-OH is 1. The molecule has 2 saturated heterocycles. The molecule has 0 aliphatic carbocycles. The van der Waals surface area contributed by atoms with E-state index in [-0.39, 0.29) is 11.8 Å². The average molecular weight is 252 g/mol. The maximum Gasteiger partial charge on any atom is 0.251 e. The van der Waals surface area contributed by atoms with E-state index in [9.17, 15) is 9.90 Å². The molecule has 2 unspecified atom stereocenters. The van der Waals surface area contributed by atoms with Gasteiger partial charge in [0.15, 0.2) is 6.33 Å². The van der Waals surface area contributed by atoms with Crippen LogP contribution >= 0.6 is 0 Å². The highest BCUT2D eigenvalue weighted by atomic mass is 16.5. The van der Waals surface area contributed by atoms with Gasteiger partial charge in [0.05, 0.1) is 6.10 Å². The summed E-state index contributed by atoms with van der Waals surface area (Å²) in [7, 11) is 0. The van der Waals surface area contributed by atoms with Gasteiger partial charge >= 0.3 is 0 Å². The highest BCUT2D eigenvalue weighted by molar-refractivity contribution is 5.93. The molecule has 2 aliphatic rings. The van der Waals surface area contributed by atoms with Gasteiger partial charge in [-0.15, -0.1) is 0 Å². The zero-order chi connectivity index (χ0) is 12.8. The summed E-state index contributed by atoms with van der Waals surface area (Å²) in [4.78, 5) is 17.8. The van der Waals surface area contributed by atoms with Crippen LogP contribution in [0.3, 0.4) is 0 Å². The second-order valence-electron chi connectivity index (χ2n) is 5.01. The van der Waals surface area contributed by atoms with E-state index < -0.39 is 17.7 Å². The highest BCUT2D eigenvalue weighted by Crippen LogP contribution is 2.38. The van der Waals surface area contributed by atoms with Crippen LogP contribution in [0.4, 0.5) is 0 Å². The summed E-state index contributed by atoms with van der Waals surface area (Å²) in [6.07, 6.45) is 2.41. The minimum Gasteiger partial charge on any atom is -0.391 e. The number of carbonyl (C=O) groups is 1. The molecule has 7 nitrogen and oxygen atoms in total. The summed E-state index contributed by atoms with van der Waals surface area (Å²) in [6, 6.07) is -0.548. The molecule has 2 fully saturated rings. The van der Waals surface area contributed by atoms with E-state index in [0.717, 1.165) is 19.4 Å². The summed E-state index contributed by atoms with van der Waals surface area (Å²) >= 11 is 0. The van der Waals surface area contributed by atoms with Crippen LogP contribution in [-0.2, 0) is 4.79 Å². The van der Waals surface area contributed by atoms with E-state index in [0.29, 0.717) is 6.54 Å². The third-order valence-electron chi connectivity index (χ3n) is 3.78. The number of amides is 1. The number of carbonyl (C=O) groups excluding carboxylic acids is 1. The molecule has 98 valence electrons. The molecule has 3 rings (SSSR count). The standard InChI is InChI=1S/C11H16N4O3/c1-7(16)8(9-12-6-14-18-9)15-5-11(10(15)17)3-2-4-13-11/h6-8,13,16H,2-5H2,1H3/t7-,8?,11?/m1/s1. The van der Waals surface area contributed by atoms with Crippen molar-refractivity contribution in [2.75, 3.05) is 13.1 Å². The van der Waals surface area contributed by atoms with Crippen molar-refractivity contribution in [3.05, 3.63) is 12.2 Å². The number of hydrogen-bond donors (Lipinski definition) is 2. The van der Waals surface area contributed by atoms with Crippen LogP contribution in [0.5, 0.6) is 0 Å². The zero-order valence-corrected chi connectivity index (χ0v) is 10.2. The Morgan fingerprint density at radius 3 is 3.00 bits per heavy atom. The summed E-state index contributed by atoms with van der Waals surface area (Å²) < 4.78 is 4.98. The molecular formula is C11H16N4O3. The average Bonchev–Trinajstić information content (AvgIpc) is 2.99. The molecule has 1 amide bonds. The molecule has 3 heterocycles. The summed E-state index contributed by atoms with van der Waals surface area (Å²) in [5, 5.41) is 16.6. The highest BCUT2D eigenvalue weighted by Gasteiger charge is 2.56. The fraction of sp³-hybridized carbons (Fsp3) is 0.727. The summed E-state index contributed by atoms with van der Waals surface area (Å²) in [5.74, 6) is 0.301. The van der Waals surface area contributed by atoms with E-state index in [1.54, 1.807) is 11.8 Å². The van der Waals surface area contributed by atoms with Gasteiger partial charge in [0.1, 0.15) is 11.6 Å². The lowest BCUT2D eigenvalue weighted by atomic mass is 9.84. The second kappa shape index (κ2) is 4.03. The van der Waals surface area contributed by atoms with Gasteiger partial charge in [0.2, 0.25) is 5.91 Å². The van der Waals surface area contributed by atoms with Gasteiger partial charge < -0.3 is 19.8 Å². The van der Waals surface area contributed by atoms with Gasteiger partial charge in [-0.05, 0) is 26.3 Å². The van der Waals surface area contributed by atoms with Crippen LogP contribution in [0.1, 0.15) is 31.7 Å².